The number of piperidine rings is 1. The minimum atomic E-state index is -0.329. The van der Waals surface area contributed by atoms with Gasteiger partial charge in [-0.2, -0.15) is 19.6 Å². The summed E-state index contributed by atoms with van der Waals surface area (Å²) >= 11 is 5.98. The molecule has 7 heteroatoms. The van der Waals surface area contributed by atoms with Gasteiger partial charge < -0.3 is 10.0 Å². The van der Waals surface area contributed by atoms with Gasteiger partial charge >= 0.3 is 0 Å². The smallest absolute Gasteiger partial charge is 0.255 e. The van der Waals surface area contributed by atoms with E-state index in [-0.39, 0.29) is 6.10 Å². The van der Waals surface area contributed by atoms with Crippen LogP contribution in [0.4, 0.5) is 5.82 Å². The Kier molecular flexibility index (Phi) is 2.83. The largest absolute Gasteiger partial charge is 0.391 e. The lowest BCUT2D eigenvalue weighted by Gasteiger charge is -2.35. The lowest BCUT2D eigenvalue weighted by molar-refractivity contribution is 0.102. The molecule has 1 N–H and O–H groups in total. The number of nitrogens with zero attached hydrogens (tertiary/aromatic N) is 5. The van der Waals surface area contributed by atoms with Crippen LogP contribution in [0, 0.1) is 5.92 Å². The molecule has 3 heterocycles. The Bertz CT molecular complexity index is 572. The van der Waals surface area contributed by atoms with E-state index in [2.05, 4.69) is 26.9 Å². The second kappa shape index (κ2) is 4.37. The van der Waals surface area contributed by atoms with Crippen molar-refractivity contribution >= 4 is 23.2 Å². The fourth-order valence-electron chi connectivity index (χ4n) is 2.25. The summed E-state index contributed by atoms with van der Waals surface area (Å²) < 4.78 is 1.65. The van der Waals surface area contributed by atoms with Crippen LogP contribution in [0.3, 0.4) is 0 Å². The van der Waals surface area contributed by atoms with E-state index in [1.54, 1.807) is 10.6 Å². The predicted molar refractivity (Wildman–Crippen MR) is 67.8 cm³/mol. The van der Waals surface area contributed by atoms with Crippen molar-refractivity contribution in [2.24, 2.45) is 5.92 Å². The molecular formula is C11H14ClN5O. The molecule has 0 saturated carbocycles. The number of aliphatic hydroxyl groups is 1. The van der Waals surface area contributed by atoms with E-state index in [0.29, 0.717) is 23.4 Å². The van der Waals surface area contributed by atoms with Crippen LogP contribution in [0.15, 0.2) is 12.4 Å². The Balaban J connectivity index is 2.01. The van der Waals surface area contributed by atoms with Gasteiger partial charge in [-0.1, -0.05) is 18.5 Å². The first-order valence-corrected chi connectivity index (χ1v) is 6.32. The zero-order chi connectivity index (χ0) is 12.7. The van der Waals surface area contributed by atoms with Crippen LogP contribution in [-0.2, 0) is 0 Å². The zero-order valence-corrected chi connectivity index (χ0v) is 10.7. The standard InChI is InChI=1S/C11H14ClN5O/c1-7-2-3-16(5-8(7)18)10-4-9(12)15-11-13-6-14-17(10)11/h4,6-8,18H,2-3,5H2,1H3. The molecule has 2 atom stereocenters. The molecular weight excluding hydrogens is 254 g/mol. The molecule has 1 aliphatic heterocycles. The maximum Gasteiger partial charge on any atom is 0.255 e. The maximum atomic E-state index is 9.97. The third-order valence-corrected chi connectivity index (χ3v) is 3.64. The number of hydrogen-bond acceptors (Lipinski definition) is 5. The van der Waals surface area contributed by atoms with Gasteiger partial charge in [0.25, 0.3) is 5.78 Å². The Hall–Kier alpha value is -1.40. The van der Waals surface area contributed by atoms with Gasteiger partial charge in [0.2, 0.25) is 0 Å². The molecule has 0 bridgehead atoms. The van der Waals surface area contributed by atoms with Gasteiger partial charge in [0.05, 0.1) is 6.10 Å². The Morgan fingerprint density at radius 3 is 3.11 bits per heavy atom. The van der Waals surface area contributed by atoms with Gasteiger partial charge in [0.1, 0.15) is 17.3 Å². The van der Waals surface area contributed by atoms with Crippen LogP contribution in [-0.4, -0.2) is 43.9 Å². The first-order chi connectivity index (χ1) is 8.65. The van der Waals surface area contributed by atoms with E-state index in [1.807, 2.05) is 0 Å². The Labute approximate surface area is 109 Å². The van der Waals surface area contributed by atoms with E-state index in [4.69, 9.17) is 11.6 Å². The van der Waals surface area contributed by atoms with Crippen molar-refractivity contribution < 1.29 is 5.11 Å². The number of halogens is 1. The number of anilines is 1. The van der Waals surface area contributed by atoms with Crippen LogP contribution >= 0.6 is 11.6 Å². The molecule has 0 amide bonds. The van der Waals surface area contributed by atoms with Crippen molar-refractivity contribution in [3.05, 3.63) is 17.5 Å². The first-order valence-electron chi connectivity index (χ1n) is 5.94. The molecule has 0 spiro atoms. The van der Waals surface area contributed by atoms with Crippen molar-refractivity contribution in [2.75, 3.05) is 18.0 Å². The average Bonchev–Trinajstić information content (AvgIpc) is 2.79. The highest BCUT2D eigenvalue weighted by atomic mass is 35.5. The number of aromatic nitrogens is 4. The molecule has 1 aliphatic rings. The SMILES string of the molecule is CC1CCN(c2cc(Cl)nc3ncnn23)CC1O. The van der Waals surface area contributed by atoms with Crippen molar-refractivity contribution in [3.8, 4) is 0 Å². The summed E-state index contributed by atoms with van der Waals surface area (Å²) in [7, 11) is 0. The van der Waals surface area contributed by atoms with Gasteiger partial charge in [0, 0.05) is 19.2 Å². The van der Waals surface area contributed by atoms with E-state index >= 15 is 0 Å². The van der Waals surface area contributed by atoms with Gasteiger partial charge in [-0.15, -0.1) is 0 Å². The van der Waals surface area contributed by atoms with Gasteiger partial charge in [-0.05, 0) is 12.3 Å². The quantitative estimate of drug-likeness (QED) is 0.781. The van der Waals surface area contributed by atoms with Gasteiger partial charge in [0.15, 0.2) is 0 Å². The lowest BCUT2D eigenvalue weighted by atomic mass is 9.96. The normalized spacial score (nSPS) is 24.7. The third kappa shape index (κ3) is 1.91. The van der Waals surface area contributed by atoms with Crippen LogP contribution in [0.1, 0.15) is 13.3 Å². The molecule has 6 nitrogen and oxygen atoms in total. The Morgan fingerprint density at radius 1 is 1.50 bits per heavy atom. The summed E-state index contributed by atoms with van der Waals surface area (Å²) in [5.41, 5.74) is 0. The molecule has 3 rings (SSSR count). The second-order valence-corrected chi connectivity index (χ2v) is 5.08. The molecule has 0 radical (unpaired) electrons. The van der Waals surface area contributed by atoms with Crippen LogP contribution in [0.25, 0.3) is 5.78 Å². The van der Waals surface area contributed by atoms with Crippen molar-refractivity contribution in [2.45, 2.75) is 19.4 Å². The van der Waals surface area contributed by atoms with E-state index in [9.17, 15) is 5.11 Å². The molecule has 18 heavy (non-hydrogen) atoms. The lowest BCUT2D eigenvalue weighted by Crippen LogP contribution is -2.43. The molecule has 2 aromatic heterocycles. The fraction of sp³-hybridized carbons (Fsp3) is 0.545. The molecule has 0 aromatic carbocycles. The molecule has 1 saturated heterocycles. The minimum absolute atomic E-state index is 0.324. The summed E-state index contributed by atoms with van der Waals surface area (Å²) in [5.74, 6) is 1.63. The fourth-order valence-corrected chi connectivity index (χ4v) is 2.42. The summed E-state index contributed by atoms with van der Waals surface area (Å²) in [6.45, 7) is 3.51. The van der Waals surface area contributed by atoms with Crippen LogP contribution in [0.5, 0.6) is 0 Å². The summed E-state index contributed by atoms with van der Waals surface area (Å²) in [5, 5.41) is 14.5. The topological polar surface area (TPSA) is 66.6 Å². The number of fused-ring (bicyclic) bond motifs is 1. The first kappa shape index (κ1) is 11.7. The predicted octanol–water partition coefficient (Wildman–Crippen LogP) is 0.985. The van der Waals surface area contributed by atoms with Gasteiger partial charge in [-0.3, -0.25) is 0 Å². The van der Waals surface area contributed by atoms with E-state index in [0.717, 1.165) is 18.8 Å². The molecule has 2 unspecified atom stereocenters. The highest BCUT2D eigenvalue weighted by Crippen LogP contribution is 2.24. The highest BCUT2D eigenvalue weighted by molar-refractivity contribution is 6.29. The van der Waals surface area contributed by atoms with E-state index in [1.165, 1.54) is 6.33 Å². The second-order valence-electron chi connectivity index (χ2n) is 4.69. The van der Waals surface area contributed by atoms with Gasteiger partial charge in [-0.25, -0.2) is 0 Å². The zero-order valence-electron chi connectivity index (χ0n) is 9.99. The van der Waals surface area contributed by atoms with Crippen molar-refractivity contribution in [1.82, 2.24) is 19.6 Å². The highest BCUT2D eigenvalue weighted by Gasteiger charge is 2.26. The summed E-state index contributed by atoms with van der Waals surface area (Å²) in [4.78, 5) is 10.2. The monoisotopic (exact) mass is 267 g/mol. The van der Waals surface area contributed by atoms with E-state index < -0.39 is 0 Å². The maximum absolute atomic E-state index is 9.97. The number of aliphatic hydroxyl groups excluding tert-OH is 1. The average molecular weight is 268 g/mol. The molecule has 2 aromatic rings. The molecule has 0 aliphatic carbocycles. The number of hydrogen-bond donors (Lipinski definition) is 1. The van der Waals surface area contributed by atoms with Crippen LogP contribution in [0.2, 0.25) is 5.15 Å². The number of β-amino-alcohol motifs (C(OH)–C–C–N with tert-alkyl or cyclic N) is 1. The molecule has 96 valence electrons. The van der Waals surface area contributed by atoms with Crippen LogP contribution < -0.4 is 4.90 Å². The van der Waals surface area contributed by atoms with Crippen molar-refractivity contribution in [1.29, 1.82) is 0 Å². The number of rotatable bonds is 1. The van der Waals surface area contributed by atoms with Crippen molar-refractivity contribution in [3.63, 3.8) is 0 Å². The summed E-state index contributed by atoms with van der Waals surface area (Å²) in [6, 6.07) is 1.76. The molecule has 1 fully saturated rings. The third-order valence-electron chi connectivity index (χ3n) is 3.44. The minimum Gasteiger partial charge on any atom is -0.391 e. The summed E-state index contributed by atoms with van der Waals surface area (Å²) in [6.07, 6.45) is 2.06. The Morgan fingerprint density at radius 2 is 2.33 bits per heavy atom.